The number of benzene rings is 1. The van der Waals surface area contributed by atoms with Crippen molar-refractivity contribution in [2.45, 2.75) is 78.1 Å². The lowest BCUT2D eigenvalue weighted by Gasteiger charge is -2.21. The number of ether oxygens (including phenoxy) is 1. The molecule has 0 aliphatic heterocycles. The van der Waals surface area contributed by atoms with Crippen molar-refractivity contribution in [3.05, 3.63) is 54.1 Å². The molecule has 1 saturated carbocycles. The lowest BCUT2D eigenvalue weighted by atomic mass is 9.85. The minimum atomic E-state index is 0.757. The predicted octanol–water partition coefficient (Wildman–Crippen LogP) is 7.65. The van der Waals surface area contributed by atoms with E-state index in [4.69, 9.17) is 4.74 Å². The summed E-state index contributed by atoms with van der Waals surface area (Å²) in [4.78, 5) is 0. The van der Waals surface area contributed by atoms with Crippen LogP contribution in [-0.4, -0.2) is 6.61 Å². The molecule has 1 nitrogen and oxygen atoms in total. The summed E-state index contributed by atoms with van der Waals surface area (Å²) >= 11 is 0. The first kappa shape index (κ1) is 20.8. The molecule has 0 spiro atoms. The second kappa shape index (κ2) is 12.8. The van der Waals surface area contributed by atoms with Crippen molar-refractivity contribution in [3.63, 3.8) is 0 Å². The van der Waals surface area contributed by atoms with Crippen LogP contribution in [0.3, 0.4) is 0 Å². The molecular weight excluding hydrogens is 316 g/mol. The predicted molar refractivity (Wildman–Crippen MR) is 114 cm³/mol. The van der Waals surface area contributed by atoms with Gasteiger partial charge in [0.25, 0.3) is 0 Å². The van der Waals surface area contributed by atoms with E-state index >= 15 is 0 Å². The smallest absolute Gasteiger partial charge is 0.119 e. The number of hydrogen-bond donors (Lipinski definition) is 0. The van der Waals surface area contributed by atoms with Gasteiger partial charge in [-0.3, -0.25) is 0 Å². The Hall–Kier alpha value is -1.50. The van der Waals surface area contributed by atoms with E-state index < -0.39 is 0 Å². The van der Waals surface area contributed by atoms with E-state index in [1.165, 1.54) is 63.4 Å². The van der Waals surface area contributed by atoms with Crippen LogP contribution < -0.4 is 4.74 Å². The Kier molecular flexibility index (Phi) is 10.2. The second-order valence-electron chi connectivity index (χ2n) is 7.79. The van der Waals surface area contributed by atoms with Gasteiger partial charge in [-0.25, -0.2) is 0 Å². The summed E-state index contributed by atoms with van der Waals surface area (Å²) < 4.78 is 5.87. The van der Waals surface area contributed by atoms with E-state index in [-0.39, 0.29) is 0 Å². The first-order valence-electron chi connectivity index (χ1n) is 10.8. The van der Waals surface area contributed by atoms with Crippen LogP contribution >= 0.6 is 0 Å². The van der Waals surface area contributed by atoms with Gasteiger partial charge >= 0.3 is 0 Å². The molecule has 1 aliphatic carbocycles. The summed E-state index contributed by atoms with van der Waals surface area (Å²) in [5, 5.41) is 0. The van der Waals surface area contributed by atoms with Gasteiger partial charge < -0.3 is 4.74 Å². The molecular formula is C25H38O. The maximum atomic E-state index is 5.87. The quantitative estimate of drug-likeness (QED) is 0.238. The average molecular weight is 355 g/mol. The van der Waals surface area contributed by atoms with E-state index in [1.807, 2.05) is 6.07 Å². The van der Waals surface area contributed by atoms with Crippen molar-refractivity contribution >= 4 is 0 Å². The summed E-state index contributed by atoms with van der Waals surface area (Å²) in [7, 11) is 0. The van der Waals surface area contributed by atoms with Crippen molar-refractivity contribution in [1.82, 2.24) is 0 Å². The summed E-state index contributed by atoms with van der Waals surface area (Å²) in [5.41, 5.74) is 1.26. The second-order valence-corrected chi connectivity index (χ2v) is 7.79. The molecule has 1 fully saturated rings. The summed E-state index contributed by atoms with van der Waals surface area (Å²) in [6, 6.07) is 8.32. The third kappa shape index (κ3) is 8.25. The van der Waals surface area contributed by atoms with Gasteiger partial charge in [0.05, 0.1) is 6.61 Å². The molecule has 1 aromatic rings. The fraction of sp³-hybridized carbons (Fsp3) is 0.600. The largest absolute Gasteiger partial charge is 0.493 e. The average Bonchev–Trinajstić information content (AvgIpc) is 2.87. The van der Waals surface area contributed by atoms with Gasteiger partial charge in [-0.15, -0.1) is 0 Å². The Bertz CT molecular complexity index is 543. The zero-order valence-corrected chi connectivity index (χ0v) is 17.0. The minimum absolute atomic E-state index is 0.757. The topological polar surface area (TPSA) is 9.23 Å². The van der Waals surface area contributed by atoms with Crippen molar-refractivity contribution in [1.29, 1.82) is 0 Å². The molecule has 1 aromatic carbocycles. The van der Waals surface area contributed by atoms with Crippen LogP contribution in [0.15, 0.2) is 48.6 Å². The molecule has 0 bridgehead atoms. The van der Waals surface area contributed by atoms with E-state index in [2.05, 4.69) is 56.4 Å². The fourth-order valence-corrected chi connectivity index (χ4v) is 3.89. The zero-order chi connectivity index (χ0) is 18.5. The Morgan fingerprint density at radius 1 is 1.04 bits per heavy atom. The van der Waals surface area contributed by atoms with Crippen molar-refractivity contribution in [2.24, 2.45) is 11.8 Å². The molecule has 2 atom stereocenters. The summed E-state index contributed by atoms with van der Waals surface area (Å²) in [6.07, 6.45) is 22.8. The SMILES string of the molecule is CCCC/C=C\CC1CCCCCC1/C=C/CCOc1cccc(C)c1. The lowest BCUT2D eigenvalue weighted by Crippen LogP contribution is -2.10. The van der Waals surface area contributed by atoms with Gasteiger partial charge in [0.1, 0.15) is 5.75 Å². The normalized spacial score (nSPS) is 21.3. The van der Waals surface area contributed by atoms with Crippen LogP contribution in [0.2, 0.25) is 0 Å². The maximum absolute atomic E-state index is 5.87. The summed E-state index contributed by atoms with van der Waals surface area (Å²) in [6.45, 7) is 5.15. The van der Waals surface area contributed by atoms with Crippen molar-refractivity contribution in [3.8, 4) is 5.75 Å². The molecule has 144 valence electrons. The number of rotatable bonds is 10. The lowest BCUT2D eigenvalue weighted by molar-refractivity contribution is 0.323. The molecule has 0 heterocycles. The molecule has 0 amide bonds. The monoisotopic (exact) mass is 354 g/mol. The zero-order valence-electron chi connectivity index (χ0n) is 17.0. The highest BCUT2D eigenvalue weighted by Crippen LogP contribution is 2.32. The highest BCUT2D eigenvalue weighted by atomic mass is 16.5. The first-order chi connectivity index (χ1) is 12.8. The molecule has 26 heavy (non-hydrogen) atoms. The first-order valence-corrected chi connectivity index (χ1v) is 10.8. The Balaban J connectivity index is 1.75. The van der Waals surface area contributed by atoms with E-state index in [0.29, 0.717) is 0 Å². The highest BCUT2D eigenvalue weighted by molar-refractivity contribution is 5.27. The molecule has 0 N–H and O–H groups in total. The molecule has 0 aromatic heterocycles. The third-order valence-corrected chi connectivity index (χ3v) is 5.47. The van der Waals surface area contributed by atoms with Crippen LogP contribution in [0.5, 0.6) is 5.75 Å². The van der Waals surface area contributed by atoms with Crippen LogP contribution in [0, 0.1) is 18.8 Å². The molecule has 2 unspecified atom stereocenters. The molecule has 1 aliphatic rings. The van der Waals surface area contributed by atoms with E-state index in [0.717, 1.165) is 30.6 Å². The van der Waals surface area contributed by atoms with Gasteiger partial charge in [-0.2, -0.15) is 0 Å². The molecule has 0 radical (unpaired) electrons. The standard InChI is InChI=1S/C25H38O/c1-3-4-5-6-8-15-23-16-9-7-10-17-24(23)18-11-12-20-26-25-19-13-14-22(2)21-25/h6,8,11,13-14,18-19,21,23-24H,3-5,7,9-10,12,15-17,20H2,1-2H3/b8-6-,18-11+. The number of hydrogen-bond acceptors (Lipinski definition) is 1. The van der Waals surface area contributed by atoms with Crippen LogP contribution in [0.4, 0.5) is 0 Å². The van der Waals surface area contributed by atoms with Gasteiger partial charge in [-0.05, 0) is 68.6 Å². The fourth-order valence-electron chi connectivity index (χ4n) is 3.89. The molecule has 1 heteroatoms. The summed E-state index contributed by atoms with van der Waals surface area (Å²) in [5.74, 6) is 2.58. The number of aryl methyl sites for hydroxylation is 1. The van der Waals surface area contributed by atoms with Gasteiger partial charge in [0.2, 0.25) is 0 Å². The Morgan fingerprint density at radius 2 is 1.92 bits per heavy atom. The molecule has 0 saturated heterocycles. The number of unbranched alkanes of at least 4 members (excludes halogenated alkanes) is 2. The molecule has 2 rings (SSSR count). The highest BCUT2D eigenvalue weighted by Gasteiger charge is 2.20. The van der Waals surface area contributed by atoms with Crippen LogP contribution in [-0.2, 0) is 0 Å². The number of allylic oxidation sites excluding steroid dienone is 3. The van der Waals surface area contributed by atoms with Crippen molar-refractivity contribution in [2.75, 3.05) is 6.61 Å². The minimum Gasteiger partial charge on any atom is -0.493 e. The van der Waals surface area contributed by atoms with Crippen molar-refractivity contribution < 1.29 is 4.74 Å². The Labute approximate surface area is 161 Å². The van der Waals surface area contributed by atoms with Crippen LogP contribution in [0.1, 0.15) is 76.7 Å². The van der Waals surface area contributed by atoms with Gasteiger partial charge in [-0.1, -0.05) is 75.5 Å². The van der Waals surface area contributed by atoms with E-state index in [9.17, 15) is 0 Å². The van der Waals surface area contributed by atoms with Gasteiger partial charge in [0, 0.05) is 0 Å². The van der Waals surface area contributed by atoms with Gasteiger partial charge in [0.15, 0.2) is 0 Å². The third-order valence-electron chi connectivity index (χ3n) is 5.47. The van der Waals surface area contributed by atoms with E-state index in [1.54, 1.807) is 0 Å². The Morgan fingerprint density at radius 3 is 2.77 bits per heavy atom. The maximum Gasteiger partial charge on any atom is 0.119 e. The van der Waals surface area contributed by atoms with Crippen LogP contribution in [0.25, 0.3) is 0 Å².